The molecule has 4 N–H and O–H groups in total. The molecule has 16 heavy (non-hydrogen) atoms. The fourth-order valence-electron chi connectivity index (χ4n) is 1.17. The first-order valence-electron chi connectivity index (χ1n) is 5.01. The number of amides is 1. The summed E-state index contributed by atoms with van der Waals surface area (Å²) in [6, 6.07) is 3.12. The molecule has 0 aliphatic carbocycles. The summed E-state index contributed by atoms with van der Waals surface area (Å²) in [7, 11) is 0. The molecule has 5 nitrogen and oxygen atoms in total. The molecule has 0 aromatic carbocycles. The normalized spacial score (nSPS) is 13.2. The van der Waals surface area contributed by atoms with Gasteiger partial charge in [0.2, 0.25) is 0 Å². The van der Waals surface area contributed by atoms with Crippen LogP contribution in [0.15, 0.2) is 18.3 Å². The maximum atomic E-state index is 11.6. The molecule has 0 saturated carbocycles. The molecule has 0 aliphatic rings. The van der Waals surface area contributed by atoms with Crippen LogP contribution in [0.2, 0.25) is 0 Å². The molecule has 1 heterocycles. The number of nitrogens with one attached hydrogen (secondary N) is 1. The van der Waals surface area contributed by atoms with Crippen molar-refractivity contribution in [3.63, 3.8) is 0 Å². The molecule has 0 saturated heterocycles. The smallest absolute Gasteiger partial charge is 0.253 e. The van der Waals surface area contributed by atoms with Gasteiger partial charge < -0.3 is 16.2 Å². The summed E-state index contributed by atoms with van der Waals surface area (Å²) in [5.41, 5.74) is 5.46. The Bertz CT molecular complexity index is 368. The van der Waals surface area contributed by atoms with Gasteiger partial charge in [-0.1, -0.05) is 6.07 Å². The molecule has 0 aliphatic heterocycles. The van der Waals surface area contributed by atoms with Gasteiger partial charge in [0.15, 0.2) is 6.10 Å². The van der Waals surface area contributed by atoms with Gasteiger partial charge in [0, 0.05) is 17.3 Å². The fourth-order valence-corrected chi connectivity index (χ4v) is 1.17. The van der Waals surface area contributed by atoms with E-state index in [0.29, 0.717) is 11.4 Å². The van der Waals surface area contributed by atoms with E-state index in [4.69, 9.17) is 5.73 Å². The topological polar surface area (TPSA) is 88.2 Å². The average molecular weight is 223 g/mol. The van der Waals surface area contributed by atoms with Crippen LogP contribution in [-0.4, -0.2) is 21.5 Å². The molecule has 0 bridgehead atoms. The van der Waals surface area contributed by atoms with E-state index in [1.165, 1.54) is 6.20 Å². The van der Waals surface area contributed by atoms with Crippen molar-refractivity contribution in [2.75, 3.05) is 5.73 Å². The summed E-state index contributed by atoms with van der Waals surface area (Å²) in [6.07, 6.45) is 0.176. The lowest BCUT2D eigenvalue weighted by Crippen LogP contribution is -2.43. The van der Waals surface area contributed by atoms with E-state index >= 15 is 0 Å². The number of carbonyl (C=O) groups is 1. The standard InChI is InChI=1S/C11H17N3O2/c1-11(2,3)14-10(16)9(15)7-4-5-8(12)13-6-7/h4-6,9,15H,1-3H3,(H2,12,13)(H,14,16). The zero-order chi connectivity index (χ0) is 12.3. The summed E-state index contributed by atoms with van der Waals surface area (Å²) < 4.78 is 0. The number of aromatic nitrogens is 1. The lowest BCUT2D eigenvalue weighted by Gasteiger charge is -2.22. The van der Waals surface area contributed by atoms with E-state index in [2.05, 4.69) is 10.3 Å². The average Bonchev–Trinajstić information content (AvgIpc) is 2.15. The Hall–Kier alpha value is -1.62. The van der Waals surface area contributed by atoms with Gasteiger partial charge in [0.05, 0.1) is 0 Å². The Kier molecular flexibility index (Phi) is 3.49. The SMILES string of the molecule is CC(C)(C)NC(=O)C(O)c1ccc(N)nc1. The lowest BCUT2D eigenvalue weighted by atomic mass is 10.1. The van der Waals surface area contributed by atoms with E-state index in [-0.39, 0.29) is 5.54 Å². The molecule has 0 fully saturated rings. The van der Waals surface area contributed by atoms with E-state index in [9.17, 15) is 9.90 Å². The van der Waals surface area contributed by atoms with Crippen LogP contribution in [0.5, 0.6) is 0 Å². The number of carbonyl (C=O) groups excluding carboxylic acids is 1. The van der Waals surface area contributed by atoms with Crippen molar-refractivity contribution in [1.82, 2.24) is 10.3 Å². The zero-order valence-corrected chi connectivity index (χ0v) is 9.69. The summed E-state index contributed by atoms with van der Waals surface area (Å²) >= 11 is 0. The Balaban J connectivity index is 2.74. The van der Waals surface area contributed by atoms with Gasteiger partial charge in [-0.05, 0) is 26.8 Å². The minimum absolute atomic E-state index is 0.354. The van der Waals surface area contributed by atoms with Gasteiger partial charge in [-0.15, -0.1) is 0 Å². The molecule has 0 radical (unpaired) electrons. The molecule has 1 amide bonds. The van der Waals surface area contributed by atoms with Crippen molar-refractivity contribution in [1.29, 1.82) is 0 Å². The number of aliphatic hydroxyl groups excluding tert-OH is 1. The summed E-state index contributed by atoms with van der Waals surface area (Å²) in [5.74, 6) is -0.0914. The summed E-state index contributed by atoms with van der Waals surface area (Å²) in [6.45, 7) is 5.54. The quantitative estimate of drug-likeness (QED) is 0.685. The molecule has 0 spiro atoms. The highest BCUT2D eigenvalue weighted by molar-refractivity contribution is 5.82. The Morgan fingerprint density at radius 3 is 2.56 bits per heavy atom. The minimum atomic E-state index is -1.22. The highest BCUT2D eigenvalue weighted by Crippen LogP contribution is 2.14. The monoisotopic (exact) mass is 223 g/mol. The van der Waals surface area contributed by atoms with Crippen LogP contribution in [0.3, 0.4) is 0 Å². The van der Waals surface area contributed by atoms with Gasteiger partial charge in [0.25, 0.3) is 5.91 Å². The second-order valence-electron chi connectivity index (χ2n) is 4.66. The maximum Gasteiger partial charge on any atom is 0.253 e. The first kappa shape index (κ1) is 12.4. The van der Waals surface area contributed by atoms with E-state index in [0.717, 1.165) is 0 Å². The van der Waals surface area contributed by atoms with Crippen molar-refractivity contribution >= 4 is 11.7 Å². The number of hydrogen-bond acceptors (Lipinski definition) is 4. The predicted octanol–water partition coefficient (Wildman–Crippen LogP) is 0.612. The van der Waals surface area contributed by atoms with Crippen LogP contribution in [0.4, 0.5) is 5.82 Å². The van der Waals surface area contributed by atoms with Crippen molar-refractivity contribution in [2.45, 2.75) is 32.4 Å². The van der Waals surface area contributed by atoms with E-state index < -0.39 is 12.0 Å². The van der Waals surface area contributed by atoms with Crippen molar-refractivity contribution in [3.05, 3.63) is 23.9 Å². The largest absolute Gasteiger partial charge is 0.384 e. The number of nitrogens with zero attached hydrogens (tertiary/aromatic N) is 1. The van der Waals surface area contributed by atoms with Crippen LogP contribution in [0, 0.1) is 0 Å². The van der Waals surface area contributed by atoms with Gasteiger partial charge >= 0.3 is 0 Å². The Morgan fingerprint density at radius 1 is 1.50 bits per heavy atom. The second kappa shape index (κ2) is 4.49. The number of nitrogen functional groups attached to an aromatic ring is 1. The number of pyridine rings is 1. The van der Waals surface area contributed by atoms with E-state index in [1.807, 2.05) is 20.8 Å². The third kappa shape index (κ3) is 3.51. The van der Waals surface area contributed by atoms with Crippen molar-refractivity contribution in [2.24, 2.45) is 0 Å². The van der Waals surface area contributed by atoms with Gasteiger partial charge in [-0.3, -0.25) is 4.79 Å². The van der Waals surface area contributed by atoms with Crippen LogP contribution < -0.4 is 11.1 Å². The number of anilines is 1. The van der Waals surface area contributed by atoms with Crippen LogP contribution in [-0.2, 0) is 4.79 Å². The van der Waals surface area contributed by atoms with Gasteiger partial charge in [-0.2, -0.15) is 0 Å². The first-order valence-corrected chi connectivity index (χ1v) is 5.01. The molecule has 1 rings (SSSR count). The maximum absolute atomic E-state index is 11.6. The third-order valence-electron chi connectivity index (χ3n) is 1.87. The number of nitrogens with two attached hydrogens (primary N) is 1. The van der Waals surface area contributed by atoms with Crippen LogP contribution >= 0.6 is 0 Å². The highest BCUT2D eigenvalue weighted by atomic mass is 16.3. The molecular weight excluding hydrogens is 206 g/mol. The third-order valence-corrected chi connectivity index (χ3v) is 1.87. The van der Waals surface area contributed by atoms with Crippen molar-refractivity contribution in [3.8, 4) is 0 Å². The van der Waals surface area contributed by atoms with Crippen LogP contribution in [0.1, 0.15) is 32.4 Å². The zero-order valence-electron chi connectivity index (χ0n) is 9.69. The molecule has 1 atom stereocenters. The highest BCUT2D eigenvalue weighted by Gasteiger charge is 2.22. The molecule has 88 valence electrons. The van der Waals surface area contributed by atoms with Crippen molar-refractivity contribution < 1.29 is 9.90 Å². The molecule has 1 unspecified atom stereocenters. The number of hydrogen-bond donors (Lipinski definition) is 3. The molecule has 5 heteroatoms. The van der Waals surface area contributed by atoms with E-state index in [1.54, 1.807) is 12.1 Å². The van der Waals surface area contributed by atoms with Gasteiger partial charge in [-0.25, -0.2) is 4.98 Å². The second-order valence-corrected chi connectivity index (χ2v) is 4.66. The molecular formula is C11H17N3O2. The summed E-state index contributed by atoms with van der Waals surface area (Å²) in [5, 5.41) is 12.4. The lowest BCUT2D eigenvalue weighted by molar-refractivity contribution is -0.131. The summed E-state index contributed by atoms with van der Waals surface area (Å²) in [4.78, 5) is 15.4. The Morgan fingerprint density at radius 2 is 2.12 bits per heavy atom. The number of aliphatic hydroxyl groups is 1. The van der Waals surface area contributed by atoms with Crippen LogP contribution in [0.25, 0.3) is 0 Å². The molecule has 1 aromatic rings. The Labute approximate surface area is 94.7 Å². The molecule has 1 aromatic heterocycles. The minimum Gasteiger partial charge on any atom is -0.384 e. The first-order chi connectivity index (χ1) is 7.29. The van der Waals surface area contributed by atoms with Gasteiger partial charge in [0.1, 0.15) is 5.82 Å². The predicted molar refractivity (Wildman–Crippen MR) is 61.5 cm³/mol. The fraction of sp³-hybridized carbons (Fsp3) is 0.455. The number of rotatable bonds is 2.